The number of halogens is 3. The van der Waals surface area contributed by atoms with Crippen LogP contribution in [0, 0.1) is 0 Å². The fraction of sp³-hybridized carbons (Fsp3) is 0.636. The van der Waals surface area contributed by atoms with Crippen molar-refractivity contribution in [3.8, 4) is 0 Å². The Morgan fingerprint density at radius 2 is 2.17 bits per heavy atom. The van der Waals surface area contributed by atoms with E-state index in [9.17, 15) is 13.2 Å². The molecule has 0 radical (unpaired) electrons. The molecule has 0 amide bonds. The zero-order valence-corrected chi connectivity index (χ0v) is 9.80. The summed E-state index contributed by atoms with van der Waals surface area (Å²) in [5.74, 6) is 0.376. The van der Waals surface area contributed by atoms with Gasteiger partial charge in [-0.15, -0.1) is 10.2 Å². The van der Waals surface area contributed by atoms with Crippen LogP contribution < -0.4 is 10.6 Å². The van der Waals surface area contributed by atoms with E-state index in [4.69, 9.17) is 0 Å². The average molecular weight is 260 g/mol. The Kier molecular flexibility index (Phi) is 4.00. The van der Waals surface area contributed by atoms with Gasteiger partial charge in [0.05, 0.1) is 0 Å². The van der Waals surface area contributed by atoms with Crippen molar-refractivity contribution in [3.05, 3.63) is 17.8 Å². The van der Waals surface area contributed by atoms with Gasteiger partial charge >= 0.3 is 6.18 Å². The van der Waals surface area contributed by atoms with Crippen LogP contribution in [0.2, 0.25) is 0 Å². The molecule has 1 fully saturated rings. The van der Waals surface area contributed by atoms with Crippen LogP contribution in [0.25, 0.3) is 0 Å². The molecule has 1 aromatic heterocycles. The minimum Gasteiger partial charge on any atom is -0.369 e. The van der Waals surface area contributed by atoms with Crippen LogP contribution in [0.5, 0.6) is 0 Å². The molecule has 0 spiro atoms. The Morgan fingerprint density at radius 3 is 2.72 bits per heavy atom. The largest absolute Gasteiger partial charge is 0.435 e. The van der Waals surface area contributed by atoms with Crippen LogP contribution in [0.3, 0.4) is 0 Å². The molecule has 0 aromatic carbocycles. The summed E-state index contributed by atoms with van der Waals surface area (Å²) in [6.07, 6.45) is -1.16. The van der Waals surface area contributed by atoms with Crippen molar-refractivity contribution in [1.29, 1.82) is 0 Å². The molecule has 1 saturated heterocycles. The van der Waals surface area contributed by atoms with Gasteiger partial charge in [-0.25, -0.2) is 0 Å². The van der Waals surface area contributed by atoms with Crippen LogP contribution in [0.15, 0.2) is 12.1 Å². The topological polar surface area (TPSA) is 49.8 Å². The zero-order chi connectivity index (χ0) is 13.0. The predicted molar refractivity (Wildman–Crippen MR) is 61.2 cm³/mol. The molecule has 18 heavy (non-hydrogen) atoms. The molecule has 7 heteroatoms. The molecule has 0 bridgehead atoms. The number of hydrogen-bond donors (Lipinski definition) is 2. The third-order valence-electron chi connectivity index (χ3n) is 2.92. The number of hydrogen-bond acceptors (Lipinski definition) is 4. The molecule has 1 aliphatic heterocycles. The lowest BCUT2D eigenvalue weighted by Gasteiger charge is -2.11. The summed E-state index contributed by atoms with van der Waals surface area (Å²) < 4.78 is 36.7. The summed E-state index contributed by atoms with van der Waals surface area (Å²) in [5.41, 5.74) is -0.967. The monoisotopic (exact) mass is 260 g/mol. The lowest BCUT2D eigenvalue weighted by Crippen LogP contribution is -2.24. The van der Waals surface area contributed by atoms with Gasteiger partial charge in [0.1, 0.15) is 5.82 Å². The molecular formula is C11H15F3N4. The van der Waals surface area contributed by atoms with Crippen molar-refractivity contribution in [2.24, 2.45) is 0 Å². The highest BCUT2D eigenvalue weighted by Crippen LogP contribution is 2.27. The fourth-order valence-corrected chi connectivity index (χ4v) is 1.96. The van der Waals surface area contributed by atoms with Gasteiger partial charge in [-0.05, 0) is 37.9 Å². The van der Waals surface area contributed by atoms with E-state index >= 15 is 0 Å². The van der Waals surface area contributed by atoms with Crippen molar-refractivity contribution in [3.63, 3.8) is 0 Å². The van der Waals surface area contributed by atoms with Gasteiger partial charge in [0.2, 0.25) is 0 Å². The van der Waals surface area contributed by atoms with Crippen molar-refractivity contribution in [2.45, 2.75) is 31.5 Å². The van der Waals surface area contributed by atoms with E-state index in [1.807, 2.05) is 0 Å². The highest BCUT2D eigenvalue weighted by atomic mass is 19.4. The molecule has 0 aliphatic carbocycles. The summed E-state index contributed by atoms with van der Waals surface area (Å²) in [6.45, 7) is 1.72. The first kappa shape index (κ1) is 13.1. The molecule has 100 valence electrons. The first-order chi connectivity index (χ1) is 8.55. The first-order valence-electron chi connectivity index (χ1n) is 5.94. The zero-order valence-electron chi connectivity index (χ0n) is 9.80. The summed E-state index contributed by atoms with van der Waals surface area (Å²) in [7, 11) is 0. The van der Waals surface area contributed by atoms with Gasteiger partial charge in [-0.3, -0.25) is 0 Å². The number of rotatable bonds is 4. The van der Waals surface area contributed by atoms with Crippen LogP contribution >= 0.6 is 0 Å². The molecule has 1 aliphatic rings. The molecule has 2 N–H and O–H groups in total. The van der Waals surface area contributed by atoms with E-state index < -0.39 is 11.9 Å². The molecule has 0 unspecified atom stereocenters. The second-order valence-corrected chi connectivity index (χ2v) is 4.31. The quantitative estimate of drug-likeness (QED) is 0.870. The van der Waals surface area contributed by atoms with Crippen LogP contribution in [0.1, 0.15) is 25.0 Å². The maximum Gasteiger partial charge on any atom is 0.435 e. The molecule has 1 aromatic rings. The van der Waals surface area contributed by atoms with Crippen molar-refractivity contribution < 1.29 is 13.2 Å². The van der Waals surface area contributed by atoms with Gasteiger partial charge in [-0.2, -0.15) is 13.2 Å². The van der Waals surface area contributed by atoms with Gasteiger partial charge in [0.25, 0.3) is 0 Å². The maximum absolute atomic E-state index is 12.2. The minimum absolute atomic E-state index is 0.376. The van der Waals surface area contributed by atoms with E-state index in [-0.39, 0.29) is 0 Å². The Bertz CT molecular complexity index is 371. The third kappa shape index (κ3) is 3.56. The first-order valence-corrected chi connectivity index (χ1v) is 5.94. The van der Waals surface area contributed by atoms with Crippen LogP contribution in [-0.2, 0) is 6.18 Å². The maximum atomic E-state index is 12.2. The third-order valence-corrected chi connectivity index (χ3v) is 2.92. The van der Waals surface area contributed by atoms with E-state index in [0.29, 0.717) is 18.4 Å². The lowest BCUT2D eigenvalue weighted by atomic mass is 10.1. The van der Waals surface area contributed by atoms with E-state index in [0.717, 1.165) is 25.5 Å². The lowest BCUT2D eigenvalue weighted by molar-refractivity contribution is -0.141. The predicted octanol–water partition coefficient (Wildman–Crippen LogP) is 2.05. The number of anilines is 1. The number of aromatic nitrogens is 2. The molecule has 0 saturated carbocycles. The minimum atomic E-state index is -4.43. The highest BCUT2D eigenvalue weighted by molar-refractivity contribution is 5.33. The highest BCUT2D eigenvalue weighted by Gasteiger charge is 2.32. The van der Waals surface area contributed by atoms with Gasteiger partial charge in [0.15, 0.2) is 5.69 Å². The van der Waals surface area contributed by atoms with Crippen LogP contribution in [0.4, 0.5) is 19.0 Å². The van der Waals surface area contributed by atoms with Crippen molar-refractivity contribution in [2.75, 3.05) is 18.4 Å². The van der Waals surface area contributed by atoms with E-state index in [1.165, 1.54) is 12.5 Å². The number of nitrogens with zero attached hydrogens (tertiary/aromatic N) is 2. The van der Waals surface area contributed by atoms with E-state index in [1.54, 1.807) is 0 Å². The molecule has 4 nitrogen and oxygen atoms in total. The molecule has 2 heterocycles. The summed E-state index contributed by atoms with van der Waals surface area (Å²) in [4.78, 5) is 0. The van der Waals surface area contributed by atoms with Crippen LogP contribution in [-0.4, -0.2) is 29.3 Å². The second kappa shape index (κ2) is 5.51. The fourth-order valence-electron chi connectivity index (χ4n) is 1.96. The number of alkyl halides is 3. The SMILES string of the molecule is FC(F)(F)c1ccc(NCC[C@H]2CCCN2)nn1. The summed E-state index contributed by atoms with van der Waals surface area (Å²) >= 11 is 0. The molecular weight excluding hydrogens is 245 g/mol. The Hall–Kier alpha value is -1.37. The normalized spacial score (nSPS) is 20.1. The summed E-state index contributed by atoms with van der Waals surface area (Å²) in [5, 5.41) is 13.0. The molecule has 1 atom stereocenters. The van der Waals surface area contributed by atoms with Gasteiger partial charge < -0.3 is 10.6 Å². The molecule has 2 rings (SSSR count). The van der Waals surface area contributed by atoms with E-state index in [2.05, 4.69) is 20.8 Å². The summed E-state index contributed by atoms with van der Waals surface area (Å²) in [6, 6.07) is 2.74. The Morgan fingerprint density at radius 1 is 1.33 bits per heavy atom. The smallest absolute Gasteiger partial charge is 0.369 e. The van der Waals surface area contributed by atoms with Crippen molar-refractivity contribution in [1.82, 2.24) is 15.5 Å². The number of nitrogens with one attached hydrogen (secondary N) is 2. The second-order valence-electron chi connectivity index (χ2n) is 4.31. The Labute approximate surface area is 103 Å². The van der Waals surface area contributed by atoms with Crippen molar-refractivity contribution >= 4 is 5.82 Å². The standard InChI is InChI=1S/C11H15F3N4/c12-11(13,14)9-3-4-10(18-17-9)16-7-5-8-2-1-6-15-8/h3-4,8,15H,1-2,5-7H2,(H,16,18)/t8-/m1/s1. The van der Waals surface area contributed by atoms with Gasteiger partial charge in [0, 0.05) is 12.6 Å². The Balaban J connectivity index is 1.79. The van der Waals surface area contributed by atoms with Gasteiger partial charge in [-0.1, -0.05) is 0 Å². The average Bonchev–Trinajstić information content (AvgIpc) is 2.82.